The van der Waals surface area contributed by atoms with Crippen LogP contribution in [0.25, 0.3) is 0 Å². The Morgan fingerprint density at radius 1 is 1.55 bits per heavy atom. The van der Waals surface area contributed by atoms with Crippen molar-refractivity contribution in [3.8, 4) is 0 Å². The Morgan fingerprint density at radius 2 is 2.25 bits per heavy atom. The highest BCUT2D eigenvalue weighted by atomic mass is 32.1. The maximum Gasteiger partial charge on any atom is 0.293 e. The zero-order valence-corrected chi connectivity index (χ0v) is 12.8. The molecule has 7 heteroatoms. The molecular formula is C13H20N4O2S. The molecule has 1 saturated heterocycles. The lowest BCUT2D eigenvalue weighted by atomic mass is 10.1. The number of nitrogens with two attached hydrogens (primary N) is 1. The predicted molar refractivity (Wildman–Crippen MR) is 82.2 cm³/mol. The van der Waals surface area contributed by atoms with Gasteiger partial charge in [0.1, 0.15) is 11.1 Å². The van der Waals surface area contributed by atoms with Crippen LogP contribution in [-0.2, 0) is 10.3 Å². The van der Waals surface area contributed by atoms with Gasteiger partial charge in [0.05, 0.1) is 13.2 Å². The summed E-state index contributed by atoms with van der Waals surface area (Å²) in [6, 6.07) is 0. The van der Waals surface area contributed by atoms with E-state index in [4.69, 9.17) is 22.7 Å². The fraction of sp³-hybridized carbons (Fsp3) is 0.615. The molecule has 2 heterocycles. The third kappa shape index (κ3) is 2.99. The number of rotatable bonds is 2. The van der Waals surface area contributed by atoms with Gasteiger partial charge in [-0.1, -0.05) is 12.2 Å². The van der Waals surface area contributed by atoms with E-state index in [1.165, 1.54) is 0 Å². The second-order valence-corrected chi connectivity index (χ2v) is 6.28. The first-order valence-electron chi connectivity index (χ1n) is 6.54. The van der Waals surface area contributed by atoms with Crippen LogP contribution in [0.2, 0.25) is 0 Å². The Morgan fingerprint density at radius 3 is 2.85 bits per heavy atom. The van der Waals surface area contributed by atoms with E-state index in [1.807, 2.05) is 25.7 Å². The normalized spacial score (nSPS) is 19.9. The molecule has 1 aliphatic heterocycles. The Bertz CT molecular complexity index is 564. The highest BCUT2D eigenvalue weighted by molar-refractivity contribution is 7.80. The molecule has 1 unspecified atom stereocenters. The standard InChI is InChI=1S/C13H20N4O2S/c1-13(2,3)17-5-4-15-11(12(17)18)16-6-7-19-9(8-16)10(14)20/h4-5,9H,6-8H2,1-3H3,(H2,14,20). The molecule has 0 spiro atoms. The Hall–Kier alpha value is -1.47. The first-order valence-corrected chi connectivity index (χ1v) is 6.95. The zero-order valence-electron chi connectivity index (χ0n) is 12.0. The van der Waals surface area contributed by atoms with Crippen molar-refractivity contribution >= 4 is 23.0 Å². The minimum Gasteiger partial charge on any atom is -0.391 e. The monoisotopic (exact) mass is 296 g/mol. The summed E-state index contributed by atoms with van der Waals surface area (Å²) >= 11 is 4.96. The summed E-state index contributed by atoms with van der Waals surface area (Å²) in [4.78, 5) is 19.0. The van der Waals surface area contributed by atoms with E-state index in [1.54, 1.807) is 17.0 Å². The van der Waals surface area contributed by atoms with Crippen molar-refractivity contribution in [1.82, 2.24) is 9.55 Å². The number of thiocarbonyl (C=S) groups is 1. The quantitative estimate of drug-likeness (QED) is 0.801. The van der Waals surface area contributed by atoms with Gasteiger partial charge in [-0.25, -0.2) is 4.98 Å². The van der Waals surface area contributed by atoms with Crippen molar-refractivity contribution in [3.63, 3.8) is 0 Å². The van der Waals surface area contributed by atoms with E-state index < -0.39 is 0 Å². The highest BCUT2D eigenvalue weighted by Gasteiger charge is 2.26. The number of aromatic nitrogens is 2. The number of morpholine rings is 1. The summed E-state index contributed by atoms with van der Waals surface area (Å²) < 4.78 is 7.17. The molecular weight excluding hydrogens is 276 g/mol. The molecule has 0 bridgehead atoms. The van der Waals surface area contributed by atoms with Crippen LogP contribution in [0.15, 0.2) is 17.2 Å². The number of hydrogen-bond donors (Lipinski definition) is 1. The number of ether oxygens (including phenoxy) is 1. The van der Waals surface area contributed by atoms with E-state index in [2.05, 4.69) is 4.98 Å². The SMILES string of the molecule is CC(C)(C)n1ccnc(N2CCOC(C(N)=S)C2)c1=O. The van der Waals surface area contributed by atoms with Gasteiger partial charge in [0.15, 0.2) is 5.82 Å². The van der Waals surface area contributed by atoms with Gasteiger partial charge in [-0.15, -0.1) is 0 Å². The number of anilines is 1. The minimum absolute atomic E-state index is 0.108. The Labute approximate surface area is 123 Å². The van der Waals surface area contributed by atoms with Crippen molar-refractivity contribution in [2.24, 2.45) is 5.73 Å². The summed E-state index contributed by atoms with van der Waals surface area (Å²) in [5.41, 5.74) is 5.22. The summed E-state index contributed by atoms with van der Waals surface area (Å²) in [5, 5.41) is 0. The first-order chi connectivity index (χ1) is 9.30. The molecule has 0 radical (unpaired) electrons. The van der Waals surface area contributed by atoms with Gasteiger partial charge in [0.2, 0.25) is 0 Å². The van der Waals surface area contributed by atoms with Gasteiger partial charge in [-0.2, -0.15) is 0 Å². The zero-order chi connectivity index (χ0) is 14.9. The molecule has 2 rings (SSSR count). The maximum atomic E-state index is 12.5. The van der Waals surface area contributed by atoms with E-state index in [-0.39, 0.29) is 17.2 Å². The summed E-state index contributed by atoms with van der Waals surface area (Å²) in [7, 11) is 0. The first kappa shape index (κ1) is 14.9. The lowest BCUT2D eigenvalue weighted by Gasteiger charge is -2.33. The molecule has 20 heavy (non-hydrogen) atoms. The number of hydrogen-bond acceptors (Lipinski definition) is 5. The van der Waals surface area contributed by atoms with Crippen LogP contribution in [0.5, 0.6) is 0 Å². The largest absolute Gasteiger partial charge is 0.391 e. The van der Waals surface area contributed by atoms with Gasteiger partial charge in [0, 0.05) is 24.5 Å². The van der Waals surface area contributed by atoms with Crippen LogP contribution in [0, 0.1) is 0 Å². The third-order valence-corrected chi connectivity index (χ3v) is 3.49. The minimum atomic E-state index is -0.330. The summed E-state index contributed by atoms with van der Waals surface area (Å²) in [6.45, 7) is 7.49. The van der Waals surface area contributed by atoms with Crippen LogP contribution in [-0.4, -0.2) is 40.3 Å². The summed E-state index contributed by atoms with van der Waals surface area (Å²) in [5.74, 6) is 0.423. The van der Waals surface area contributed by atoms with Crippen molar-refractivity contribution in [3.05, 3.63) is 22.7 Å². The van der Waals surface area contributed by atoms with Crippen molar-refractivity contribution in [1.29, 1.82) is 0 Å². The van der Waals surface area contributed by atoms with E-state index in [9.17, 15) is 4.79 Å². The van der Waals surface area contributed by atoms with Gasteiger partial charge in [0.25, 0.3) is 5.56 Å². The maximum absolute atomic E-state index is 12.5. The van der Waals surface area contributed by atoms with Crippen LogP contribution in [0.4, 0.5) is 5.82 Å². The lowest BCUT2D eigenvalue weighted by Crippen LogP contribution is -2.50. The molecule has 0 aliphatic carbocycles. The molecule has 110 valence electrons. The molecule has 1 aliphatic rings. The van der Waals surface area contributed by atoms with E-state index in [0.717, 1.165) is 0 Å². The van der Waals surface area contributed by atoms with Crippen molar-refractivity contribution in [2.75, 3.05) is 24.6 Å². The van der Waals surface area contributed by atoms with Gasteiger partial charge in [-0.05, 0) is 20.8 Å². The van der Waals surface area contributed by atoms with Crippen LogP contribution < -0.4 is 16.2 Å². The molecule has 0 aromatic carbocycles. The third-order valence-electron chi connectivity index (χ3n) is 3.23. The van der Waals surface area contributed by atoms with Crippen LogP contribution >= 0.6 is 12.2 Å². The van der Waals surface area contributed by atoms with Gasteiger partial charge < -0.3 is 19.9 Å². The fourth-order valence-electron chi connectivity index (χ4n) is 2.16. The van der Waals surface area contributed by atoms with Crippen molar-refractivity contribution in [2.45, 2.75) is 32.4 Å². The predicted octanol–water partition coefficient (Wildman–Crippen LogP) is 0.490. The Kier molecular flexibility index (Phi) is 4.10. The average molecular weight is 296 g/mol. The van der Waals surface area contributed by atoms with Crippen LogP contribution in [0.1, 0.15) is 20.8 Å². The van der Waals surface area contributed by atoms with E-state index in [0.29, 0.717) is 30.5 Å². The van der Waals surface area contributed by atoms with Crippen LogP contribution in [0.3, 0.4) is 0 Å². The van der Waals surface area contributed by atoms with Gasteiger partial charge in [-0.3, -0.25) is 4.79 Å². The molecule has 1 atom stereocenters. The molecule has 1 aromatic rings. The molecule has 1 fully saturated rings. The molecule has 6 nitrogen and oxygen atoms in total. The second kappa shape index (κ2) is 5.49. The van der Waals surface area contributed by atoms with Crippen molar-refractivity contribution < 1.29 is 4.74 Å². The second-order valence-electron chi connectivity index (χ2n) is 5.80. The fourth-order valence-corrected chi connectivity index (χ4v) is 2.30. The van der Waals surface area contributed by atoms with E-state index >= 15 is 0 Å². The molecule has 0 saturated carbocycles. The number of nitrogens with zero attached hydrogens (tertiary/aromatic N) is 3. The Balaban J connectivity index is 2.34. The highest BCUT2D eigenvalue weighted by Crippen LogP contribution is 2.15. The summed E-state index contributed by atoms with van der Waals surface area (Å²) in [6.07, 6.45) is 3.02. The topological polar surface area (TPSA) is 73.4 Å². The average Bonchev–Trinajstić information content (AvgIpc) is 2.37. The lowest BCUT2D eigenvalue weighted by molar-refractivity contribution is 0.0842. The van der Waals surface area contributed by atoms with Gasteiger partial charge >= 0.3 is 0 Å². The smallest absolute Gasteiger partial charge is 0.293 e. The molecule has 1 aromatic heterocycles. The molecule has 2 N–H and O–H groups in total. The molecule has 0 amide bonds.